The summed E-state index contributed by atoms with van der Waals surface area (Å²) in [5.74, 6) is 0. The maximum Gasteiger partial charge on any atom is 0.108 e. The summed E-state index contributed by atoms with van der Waals surface area (Å²) in [7, 11) is 0. The Hall–Kier alpha value is -2.29. The Labute approximate surface area is 94.0 Å². The molecular weight excluding hydrogens is 198 g/mol. The van der Waals surface area contributed by atoms with Crippen molar-refractivity contribution in [3.05, 3.63) is 54.6 Å². The van der Waals surface area contributed by atoms with Crippen LogP contribution in [0.5, 0.6) is 0 Å². The van der Waals surface area contributed by atoms with E-state index in [9.17, 15) is 0 Å². The van der Waals surface area contributed by atoms with Crippen molar-refractivity contribution in [2.24, 2.45) is 4.99 Å². The van der Waals surface area contributed by atoms with Gasteiger partial charge in [0.1, 0.15) is 6.34 Å². The van der Waals surface area contributed by atoms with E-state index >= 15 is 0 Å². The summed E-state index contributed by atoms with van der Waals surface area (Å²) in [5.41, 5.74) is 6.27. The fourth-order valence-corrected chi connectivity index (χ4v) is 1.78. The van der Waals surface area contributed by atoms with Crippen LogP contribution in [0.4, 0.5) is 17.1 Å². The number of fused-ring (bicyclic) bond motifs is 1. The van der Waals surface area contributed by atoms with Gasteiger partial charge in [0.05, 0.1) is 17.1 Å². The van der Waals surface area contributed by atoms with Crippen LogP contribution in [0.2, 0.25) is 0 Å². The van der Waals surface area contributed by atoms with Gasteiger partial charge in [-0.1, -0.05) is 30.3 Å². The first-order valence-corrected chi connectivity index (χ1v) is 5.18. The van der Waals surface area contributed by atoms with Crippen LogP contribution < -0.4 is 10.4 Å². The third-order valence-corrected chi connectivity index (χ3v) is 2.53. The van der Waals surface area contributed by atoms with Crippen LogP contribution in [0.1, 0.15) is 0 Å². The van der Waals surface area contributed by atoms with Gasteiger partial charge in [0.2, 0.25) is 0 Å². The molecular formula is C13H11N3. The summed E-state index contributed by atoms with van der Waals surface area (Å²) in [6.07, 6.45) is 1.70. The number of nitrogens with one attached hydrogen (secondary N) is 1. The Balaban J connectivity index is 2.09. The second-order valence-corrected chi connectivity index (χ2v) is 3.55. The summed E-state index contributed by atoms with van der Waals surface area (Å²) in [5, 5.41) is 2.02. The molecule has 0 radical (unpaired) electrons. The van der Waals surface area contributed by atoms with Crippen molar-refractivity contribution in [1.82, 2.24) is 5.43 Å². The molecule has 1 heterocycles. The number of para-hydroxylation sites is 3. The fourth-order valence-electron chi connectivity index (χ4n) is 1.78. The molecule has 2 aromatic carbocycles. The zero-order valence-electron chi connectivity index (χ0n) is 8.67. The highest BCUT2D eigenvalue weighted by Gasteiger charge is 2.14. The lowest BCUT2D eigenvalue weighted by molar-refractivity contribution is 0.935. The van der Waals surface area contributed by atoms with Crippen molar-refractivity contribution < 1.29 is 0 Å². The minimum Gasteiger partial charge on any atom is -0.283 e. The molecule has 0 bridgehead atoms. The fraction of sp³-hybridized carbons (Fsp3) is 0. The van der Waals surface area contributed by atoms with E-state index in [1.165, 1.54) is 0 Å². The van der Waals surface area contributed by atoms with E-state index in [1.807, 2.05) is 47.5 Å². The summed E-state index contributed by atoms with van der Waals surface area (Å²) in [4.78, 5) is 4.29. The molecule has 0 saturated heterocycles. The van der Waals surface area contributed by atoms with Gasteiger partial charge in [-0.15, -0.1) is 0 Å². The predicted octanol–water partition coefficient (Wildman–Crippen LogP) is 3.00. The molecule has 0 amide bonds. The van der Waals surface area contributed by atoms with E-state index in [2.05, 4.69) is 22.6 Å². The first-order valence-electron chi connectivity index (χ1n) is 5.18. The first-order chi connectivity index (χ1) is 7.95. The first kappa shape index (κ1) is 8.97. The van der Waals surface area contributed by atoms with Crippen LogP contribution in [-0.2, 0) is 0 Å². The maximum atomic E-state index is 4.29. The summed E-state index contributed by atoms with van der Waals surface area (Å²) in [6.45, 7) is 0. The zero-order valence-corrected chi connectivity index (χ0v) is 8.67. The molecule has 0 spiro atoms. The molecule has 0 aliphatic carbocycles. The van der Waals surface area contributed by atoms with E-state index in [0.29, 0.717) is 0 Å². The second-order valence-electron chi connectivity index (χ2n) is 3.55. The SMILES string of the molecule is C1=Nc2ccccc2N(c2ccccc2)N1. The van der Waals surface area contributed by atoms with Crippen LogP contribution >= 0.6 is 0 Å². The lowest BCUT2D eigenvalue weighted by atomic mass is 10.2. The predicted molar refractivity (Wildman–Crippen MR) is 66.3 cm³/mol. The smallest absolute Gasteiger partial charge is 0.108 e. The second kappa shape index (κ2) is 3.70. The molecule has 2 aromatic rings. The van der Waals surface area contributed by atoms with Crippen LogP contribution in [-0.4, -0.2) is 6.34 Å². The molecule has 0 aromatic heterocycles. The van der Waals surface area contributed by atoms with Crippen LogP contribution in [0, 0.1) is 0 Å². The number of aliphatic imine (C=N–C) groups is 1. The van der Waals surface area contributed by atoms with Gasteiger partial charge in [0.25, 0.3) is 0 Å². The maximum absolute atomic E-state index is 4.29. The molecule has 3 heteroatoms. The standard InChI is InChI=1S/C13H11N3/c1-2-6-11(7-3-1)16-13-9-5-4-8-12(13)14-10-15-16/h1-10H,(H,14,15). The van der Waals surface area contributed by atoms with Crippen molar-refractivity contribution >= 4 is 23.4 Å². The third kappa shape index (κ3) is 1.42. The van der Waals surface area contributed by atoms with Gasteiger partial charge in [0, 0.05) is 0 Å². The Kier molecular flexibility index (Phi) is 2.07. The number of nitrogens with zero attached hydrogens (tertiary/aromatic N) is 2. The molecule has 1 aliphatic rings. The number of benzene rings is 2. The number of hydrogen-bond donors (Lipinski definition) is 1. The number of hydrazine groups is 1. The van der Waals surface area contributed by atoms with E-state index in [4.69, 9.17) is 0 Å². The van der Waals surface area contributed by atoms with E-state index in [-0.39, 0.29) is 0 Å². The van der Waals surface area contributed by atoms with Crippen LogP contribution in [0.3, 0.4) is 0 Å². The van der Waals surface area contributed by atoms with Gasteiger partial charge in [-0.05, 0) is 24.3 Å². The average molecular weight is 209 g/mol. The van der Waals surface area contributed by atoms with E-state index < -0.39 is 0 Å². The summed E-state index contributed by atoms with van der Waals surface area (Å²) >= 11 is 0. The summed E-state index contributed by atoms with van der Waals surface area (Å²) in [6, 6.07) is 18.2. The average Bonchev–Trinajstić information content (AvgIpc) is 2.39. The Morgan fingerprint density at radius 3 is 2.50 bits per heavy atom. The Morgan fingerprint density at radius 2 is 1.62 bits per heavy atom. The van der Waals surface area contributed by atoms with Crippen molar-refractivity contribution in [1.29, 1.82) is 0 Å². The van der Waals surface area contributed by atoms with Gasteiger partial charge in [-0.3, -0.25) is 10.4 Å². The molecule has 1 N–H and O–H groups in total. The topological polar surface area (TPSA) is 27.6 Å². The molecule has 3 nitrogen and oxygen atoms in total. The minimum absolute atomic E-state index is 0.977. The van der Waals surface area contributed by atoms with Crippen molar-refractivity contribution in [2.75, 3.05) is 5.01 Å². The highest BCUT2D eigenvalue weighted by atomic mass is 15.5. The molecule has 0 fully saturated rings. The summed E-state index contributed by atoms with van der Waals surface area (Å²) < 4.78 is 0. The highest BCUT2D eigenvalue weighted by molar-refractivity contribution is 5.82. The van der Waals surface area contributed by atoms with Crippen LogP contribution in [0.15, 0.2) is 59.6 Å². The normalized spacial score (nSPS) is 13.1. The van der Waals surface area contributed by atoms with E-state index in [0.717, 1.165) is 17.1 Å². The van der Waals surface area contributed by atoms with Gasteiger partial charge in [0.15, 0.2) is 0 Å². The highest BCUT2D eigenvalue weighted by Crippen LogP contribution is 2.33. The zero-order chi connectivity index (χ0) is 10.8. The van der Waals surface area contributed by atoms with Gasteiger partial charge in [-0.2, -0.15) is 0 Å². The molecule has 78 valence electrons. The largest absolute Gasteiger partial charge is 0.283 e. The van der Waals surface area contributed by atoms with Gasteiger partial charge >= 0.3 is 0 Å². The van der Waals surface area contributed by atoms with Gasteiger partial charge < -0.3 is 0 Å². The van der Waals surface area contributed by atoms with Crippen molar-refractivity contribution in [3.8, 4) is 0 Å². The van der Waals surface area contributed by atoms with Crippen LogP contribution in [0.25, 0.3) is 0 Å². The molecule has 0 atom stereocenters. The molecule has 0 unspecified atom stereocenters. The van der Waals surface area contributed by atoms with Crippen molar-refractivity contribution in [3.63, 3.8) is 0 Å². The quantitative estimate of drug-likeness (QED) is 0.781. The number of hydrogen-bond acceptors (Lipinski definition) is 3. The number of anilines is 2. The lowest BCUT2D eigenvalue weighted by Gasteiger charge is -2.28. The monoisotopic (exact) mass is 209 g/mol. The Morgan fingerprint density at radius 1 is 0.875 bits per heavy atom. The van der Waals surface area contributed by atoms with Gasteiger partial charge in [-0.25, -0.2) is 4.99 Å². The Bertz CT molecular complexity index is 520. The molecule has 3 rings (SSSR count). The lowest BCUT2D eigenvalue weighted by Crippen LogP contribution is -2.34. The van der Waals surface area contributed by atoms with E-state index in [1.54, 1.807) is 6.34 Å². The minimum atomic E-state index is 0.977. The van der Waals surface area contributed by atoms with Crippen molar-refractivity contribution in [2.45, 2.75) is 0 Å². The number of rotatable bonds is 1. The third-order valence-electron chi connectivity index (χ3n) is 2.53. The molecule has 0 saturated carbocycles. The molecule has 16 heavy (non-hydrogen) atoms. The molecule has 1 aliphatic heterocycles.